The molecule has 7 aromatic carbocycles. The Morgan fingerprint density at radius 3 is 1.76 bits per heavy atom. The molecule has 1 heterocycles. The van der Waals surface area contributed by atoms with Gasteiger partial charge >= 0.3 is 14.2 Å². The summed E-state index contributed by atoms with van der Waals surface area (Å²) in [6.07, 6.45) is 9.37. The predicted molar refractivity (Wildman–Crippen MR) is 359 cm³/mol. The Morgan fingerprint density at radius 2 is 1.18 bits per heavy atom. The van der Waals surface area contributed by atoms with Gasteiger partial charge in [-0.25, -0.2) is 4.58 Å². The lowest BCUT2D eigenvalue weighted by molar-refractivity contribution is -0.462. The second kappa shape index (κ2) is 28.9. The Hall–Kier alpha value is -7.67. The minimum absolute atomic E-state index is 0. The molecular weight excluding hydrogens is 1120 g/mol. The van der Waals surface area contributed by atoms with Crippen LogP contribution in [0, 0.1) is 11.8 Å². The number of hydrogen-bond acceptors (Lipinski definition) is 9. The van der Waals surface area contributed by atoms with E-state index in [0.29, 0.717) is 87.1 Å². The predicted octanol–water partition coefficient (Wildman–Crippen LogP) is 5.70. The average molecular weight is 1200 g/mol. The maximum atomic E-state index is 12.7. The quantitative estimate of drug-likeness (QED) is 0.0136. The van der Waals surface area contributed by atoms with E-state index >= 15 is 0 Å². The summed E-state index contributed by atoms with van der Waals surface area (Å²) in [6.45, 7) is 19.5. The van der Waals surface area contributed by atoms with Gasteiger partial charge < -0.3 is 42.7 Å². The molecule has 0 bridgehead atoms. The summed E-state index contributed by atoms with van der Waals surface area (Å²) in [5.41, 5.74) is 14.7. The van der Waals surface area contributed by atoms with Gasteiger partial charge in [0.05, 0.1) is 0 Å². The van der Waals surface area contributed by atoms with Crippen LogP contribution >= 0.6 is 0 Å². The fraction of sp³-hybridized carbons (Fsp3) is 0.264. The van der Waals surface area contributed by atoms with Crippen LogP contribution in [0.1, 0.15) is 84.0 Å². The van der Waals surface area contributed by atoms with Crippen LogP contribution < -0.4 is 38.7 Å². The molecule has 1 aliphatic heterocycles. The summed E-state index contributed by atoms with van der Waals surface area (Å²) in [7, 11) is 2.98. The van der Waals surface area contributed by atoms with Gasteiger partial charge in [0.15, 0.2) is 11.5 Å². The molecule has 446 valence electrons. The Kier molecular flexibility index (Phi) is 21.7. The van der Waals surface area contributed by atoms with E-state index in [-0.39, 0.29) is 24.1 Å². The van der Waals surface area contributed by atoms with Crippen LogP contribution in [0.15, 0.2) is 187 Å². The van der Waals surface area contributed by atoms with Gasteiger partial charge in [-0.2, -0.15) is 0 Å². The number of unbranched alkanes of at least 4 members (excludes halogenated alkanes) is 1. The van der Waals surface area contributed by atoms with E-state index in [1.807, 2.05) is 30.3 Å². The van der Waals surface area contributed by atoms with Crippen LogP contribution in [0.5, 0.6) is 0 Å². The molecule has 87 heavy (non-hydrogen) atoms. The molecule has 11 nitrogen and oxygen atoms in total. The van der Waals surface area contributed by atoms with Gasteiger partial charge in [0.1, 0.15) is 22.2 Å². The summed E-state index contributed by atoms with van der Waals surface area (Å²) >= 11 is 0. The van der Waals surface area contributed by atoms with E-state index in [1.165, 1.54) is 38.5 Å². The molecule has 0 atom stereocenters. The van der Waals surface area contributed by atoms with Crippen molar-refractivity contribution in [2.45, 2.75) is 78.8 Å². The number of anilines is 1. The fourth-order valence-electron chi connectivity index (χ4n) is 12.0. The van der Waals surface area contributed by atoms with Crippen molar-refractivity contribution in [1.82, 2.24) is 15.1 Å². The maximum Gasteiger partial charge on any atom is 0.488 e. The van der Waals surface area contributed by atoms with Crippen molar-refractivity contribution in [3.8, 4) is 11.8 Å². The van der Waals surface area contributed by atoms with Crippen molar-refractivity contribution in [3.63, 3.8) is 0 Å². The van der Waals surface area contributed by atoms with Gasteiger partial charge in [0.2, 0.25) is 5.91 Å². The zero-order chi connectivity index (χ0) is 61.4. The molecule has 0 fully saturated rings. The smallest absolute Gasteiger partial charge is 0.488 e. The topological polar surface area (TPSA) is 140 Å². The van der Waals surface area contributed by atoms with E-state index < -0.39 is 22.3 Å². The van der Waals surface area contributed by atoms with Crippen LogP contribution in [-0.2, 0) is 35.8 Å². The lowest BCUT2D eigenvalue weighted by atomic mass is 9.77. The van der Waals surface area contributed by atoms with Crippen molar-refractivity contribution in [2.24, 2.45) is 0 Å². The molecule has 0 saturated carbocycles. The van der Waals surface area contributed by atoms with Gasteiger partial charge in [0, 0.05) is 94.3 Å². The second-order valence-corrected chi connectivity index (χ2v) is 28.3. The van der Waals surface area contributed by atoms with Gasteiger partial charge in [-0.15, -0.1) is 0 Å². The van der Waals surface area contributed by atoms with Crippen LogP contribution in [0.3, 0.4) is 0 Å². The summed E-state index contributed by atoms with van der Waals surface area (Å²) < 4.78 is 2.18. The first-order valence-corrected chi connectivity index (χ1v) is 32.7. The molecule has 7 aromatic rings. The molecule has 5 N–H and O–H groups in total. The zero-order valence-electron chi connectivity index (χ0n) is 51.6. The molecule has 0 saturated heterocycles. The third kappa shape index (κ3) is 15.2. The van der Waals surface area contributed by atoms with Crippen LogP contribution in [0.4, 0.5) is 5.69 Å². The number of nitrogens with one attached hydrogen (secondary N) is 1. The summed E-state index contributed by atoms with van der Waals surface area (Å²) in [6, 6.07) is 45.3. The number of carbonyl (C=O) groups is 2. The van der Waals surface area contributed by atoms with E-state index in [0.717, 1.165) is 66.9 Å². The number of halogens is 1. The highest BCUT2D eigenvalue weighted by Crippen LogP contribution is 2.42. The number of hydrogen-bond donors (Lipinski definition) is 5. The fourth-order valence-corrected chi connectivity index (χ4v) is 15.1. The monoisotopic (exact) mass is 1200 g/mol. The first kappa shape index (κ1) is 65.3. The number of nitrogens with zero attached hydrogens (tertiary/aromatic N) is 4. The Balaban J connectivity index is 0.00000982. The molecule has 9 rings (SSSR count). The molecule has 0 radical (unpaired) electrons. The minimum atomic E-state index is -2.12. The van der Waals surface area contributed by atoms with Gasteiger partial charge in [-0.3, -0.25) is 19.4 Å². The Labute approximate surface area is 522 Å². The first-order valence-electron chi connectivity index (χ1n) is 29.7. The highest BCUT2D eigenvalue weighted by molar-refractivity contribution is 6.98. The molecule has 0 unspecified atom stereocenters. The third-order valence-corrected chi connectivity index (χ3v) is 20.4. The van der Waals surface area contributed by atoms with Crippen molar-refractivity contribution in [2.75, 3.05) is 52.7 Å². The normalized spacial score (nSPS) is 13.1. The molecule has 1 amide bonds. The average Bonchev–Trinajstić information content (AvgIpc) is 0.764. The van der Waals surface area contributed by atoms with Crippen LogP contribution in [0.2, 0.25) is 13.1 Å². The summed E-state index contributed by atoms with van der Waals surface area (Å²) in [5, 5.41) is 52.2. The van der Waals surface area contributed by atoms with Crippen molar-refractivity contribution in [3.05, 3.63) is 231 Å². The third-order valence-electron chi connectivity index (χ3n) is 16.8. The molecule has 0 spiro atoms. The van der Waals surface area contributed by atoms with E-state index in [2.05, 4.69) is 194 Å². The number of carbonyl (C=O) groups excluding carboxylic acids is 2. The van der Waals surface area contributed by atoms with Crippen molar-refractivity contribution < 1.29 is 46.7 Å². The number of fused-ring (bicyclic) bond motifs is 4. The largest absolute Gasteiger partial charge is 1.00 e. The highest BCUT2D eigenvalue weighted by Gasteiger charge is 2.40. The number of Topliss-reactive ketones (excluding diaryl/α,β-unsaturated/α-hetero) is 1. The molecule has 2 aliphatic rings. The standard InChI is InChI=1S/C72H79B2N5O6Si.ClH/c1-49(2)68(80)26-17-18-40-78(45-54-20-11-15-24-66(54)73(82)83)48-65-59-23-14-13-22-58(59)64(47-79(41-19-39-75-72(81)50(3)4)46-55-21-12-16-25-67(55)74(84)85)60-36-31-52(42-63(60)65)28-27-51-29-32-53(33-30-51)71-61-37-34-56(76(5)6)43-69(61)86(9,10)70-44-57(77(7)8)35-38-62(70)71;/h11-16,20-25,29-38,42-44,82-85H,1,3,17-19,26,39-41,45-48H2,2,4-10H3;1H. The zero-order valence-corrected chi connectivity index (χ0v) is 53.3. The van der Waals surface area contributed by atoms with E-state index in [9.17, 15) is 29.7 Å². The van der Waals surface area contributed by atoms with Gasteiger partial charge in [-0.1, -0.05) is 135 Å². The number of allylic oxidation sites excluding steroid dienone is 6. The second-order valence-electron chi connectivity index (χ2n) is 24.0. The Bertz CT molecular complexity index is 3970. The maximum absolute atomic E-state index is 12.7. The molecule has 15 heteroatoms. The molecule has 0 aromatic heterocycles. The van der Waals surface area contributed by atoms with Crippen LogP contribution in [0.25, 0.3) is 27.1 Å². The lowest BCUT2D eigenvalue weighted by Crippen LogP contribution is -3.00. The van der Waals surface area contributed by atoms with Gasteiger partial charge in [0.25, 0.3) is 0 Å². The minimum Gasteiger partial charge on any atom is -1.00 e. The van der Waals surface area contributed by atoms with Crippen molar-refractivity contribution in [1.29, 1.82) is 0 Å². The van der Waals surface area contributed by atoms with E-state index in [1.54, 1.807) is 32.0 Å². The van der Waals surface area contributed by atoms with E-state index in [4.69, 9.17) is 0 Å². The number of rotatable bonds is 23. The van der Waals surface area contributed by atoms with Gasteiger partial charge in [-0.05, 0) is 175 Å². The van der Waals surface area contributed by atoms with Crippen molar-refractivity contribution >= 4 is 88.6 Å². The summed E-state index contributed by atoms with van der Waals surface area (Å²) in [5.74, 6) is 6.96. The Morgan fingerprint density at radius 1 is 0.632 bits per heavy atom. The number of ketones is 1. The molecular formula is C72H80B2ClN5O6Si. The highest BCUT2D eigenvalue weighted by atomic mass is 35.5. The summed E-state index contributed by atoms with van der Waals surface area (Å²) in [4.78, 5) is 32.2. The molecule has 1 aliphatic carbocycles. The van der Waals surface area contributed by atoms with Crippen LogP contribution in [-0.4, -0.2) is 122 Å². The first-order chi connectivity index (χ1) is 41.2. The lowest BCUT2D eigenvalue weighted by Gasteiger charge is -2.38. The number of amides is 1. The SMILES string of the molecule is C=C(C)C(=O)CCCCN(Cc1ccccc1B(O)O)Cc1c2ccccc2c(CN(CCCNC(=O)C(=C)C)Cc2ccccc2B(O)O)c2ccc(C#Cc3ccc(C4=C5C=CC(=[N+](C)C)C=C5[Si](C)(C)c5cc(N(C)C)ccc54)cc3)cc12.[Cl-]. The number of benzene rings is 7.